The van der Waals surface area contributed by atoms with Crippen LogP contribution < -0.4 is 10.6 Å². The fourth-order valence-electron chi connectivity index (χ4n) is 3.64. The lowest BCUT2D eigenvalue weighted by Crippen LogP contribution is -2.47. The molecule has 156 valence electrons. The molecular weight excluding hydrogens is 386 g/mol. The maximum atomic E-state index is 12.8. The zero-order valence-electron chi connectivity index (χ0n) is 16.5. The van der Waals surface area contributed by atoms with E-state index in [1.54, 1.807) is 18.2 Å². The maximum absolute atomic E-state index is 12.8. The number of nitrogens with zero attached hydrogens (tertiary/aromatic N) is 1. The summed E-state index contributed by atoms with van der Waals surface area (Å²) in [6.45, 7) is 1.08. The van der Waals surface area contributed by atoms with E-state index in [0.29, 0.717) is 24.1 Å². The van der Waals surface area contributed by atoms with Crippen LogP contribution in [-0.4, -0.2) is 46.3 Å². The summed E-state index contributed by atoms with van der Waals surface area (Å²) in [7, 11) is 0. The molecular formula is C22H23N3O5. The van der Waals surface area contributed by atoms with Crippen LogP contribution in [0.1, 0.15) is 41.7 Å². The molecule has 3 N–H and O–H groups in total. The van der Waals surface area contributed by atoms with Crippen LogP contribution in [-0.2, 0) is 9.59 Å². The SMILES string of the molecule is CC(=O)c1cccc(NC(=O)NCC(=O)N2C(C(=O)O)CCC2c2ccccc2)c1. The number of urea groups is 1. The van der Waals surface area contributed by atoms with E-state index >= 15 is 0 Å². The van der Waals surface area contributed by atoms with Gasteiger partial charge in [-0.15, -0.1) is 0 Å². The molecule has 1 aliphatic heterocycles. The summed E-state index contributed by atoms with van der Waals surface area (Å²) in [6.07, 6.45) is 0.890. The van der Waals surface area contributed by atoms with Crippen molar-refractivity contribution in [3.8, 4) is 0 Å². The van der Waals surface area contributed by atoms with Crippen LogP contribution in [0.3, 0.4) is 0 Å². The number of benzene rings is 2. The van der Waals surface area contributed by atoms with Gasteiger partial charge in [-0.3, -0.25) is 9.59 Å². The first-order valence-electron chi connectivity index (χ1n) is 9.61. The van der Waals surface area contributed by atoms with Gasteiger partial charge in [0, 0.05) is 11.3 Å². The van der Waals surface area contributed by atoms with Gasteiger partial charge in [-0.25, -0.2) is 9.59 Å². The summed E-state index contributed by atoms with van der Waals surface area (Å²) in [5, 5.41) is 14.6. The molecule has 1 fully saturated rings. The minimum atomic E-state index is -1.06. The van der Waals surface area contributed by atoms with Gasteiger partial charge < -0.3 is 20.6 Å². The molecule has 30 heavy (non-hydrogen) atoms. The van der Waals surface area contributed by atoms with Gasteiger partial charge >= 0.3 is 12.0 Å². The number of aliphatic carboxylic acids is 1. The summed E-state index contributed by atoms with van der Waals surface area (Å²) in [6, 6.07) is 13.8. The highest BCUT2D eigenvalue weighted by Crippen LogP contribution is 2.36. The predicted molar refractivity (Wildman–Crippen MR) is 110 cm³/mol. The first kappa shape index (κ1) is 21.0. The minimum absolute atomic E-state index is 0.130. The molecule has 8 heteroatoms. The van der Waals surface area contributed by atoms with Crippen molar-refractivity contribution in [2.24, 2.45) is 0 Å². The highest BCUT2D eigenvalue weighted by molar-refractivity contribution is 5.97. The number of anilines is 1. The zero-order valence-corrected chi connectivity index (χ0v) is 16.5. The summed E-state index contributed by atoms with van der Waals surface area (Å²) in [5.41, 5.74) is 1.73. The number of carboxylic acids is 1. The lowest BCUT2D eigenvalue weighted by Gasteiger charge is -2.28. The van der Waals surface area contributed by atoms with Gasteiger partial charge in [-0.1, -0.05) is 42.5 Å². The van der Waals surface area contributed by atoms with Crippen molar-refractivity contribution in [2.75, 3.05) is 11.9 Å². The Morgan fingerprint density at radius 1 is 1.03 bits per heavy atom. The Balaban J connectivity index is 1.65. The first-order valence-corrected chi connectivity index (χ1v) is 9.61. The van der Waals surface area contributed by atoms with Gasteiger partial charge in [-0.2, -0.15) is 0 Å². The van der Waals surface area contributed by atoms with Crippen LogP contribution in [0.25, 0.3) is 0 Å². The lowest BCUT2D eigenvalue weighted by molar-refractivity contribution is -0.149. The Morgan fingerprint density at radius 3 is 2.43 bits per heavy atom. The van der Waals surface area contributed by atoms with Crippen molar-refractivity contribution < 1.29 is 24.3 Å². The van der Waals surface area contributed by atoms with Gasteiger partial charge in [0.25, 0.3) is 0 Å². The van der Waals surface area contributed by atoms with Gasteiger partial charge in [0.1, 0.15) is 6.04 Å². The second kappa shape index (κ2) is 9.21. The molecule has 3 rings (SSSR count). The number of carboxylic acid groups (broad SMARTS) is 1. The van der Waals surface area contributed by atoms with Crippen LogP contribution in [0.15, 0.2) is 54.6 Å². The molecule has 3 amide bonds. The zero-order chi connectivity index (χ0) is 21.7. The Hall–Kier alpha value is -3.68. The third kappa shape index (κ3) is 4.83. The smallest absolute Gasteiger partial charge is 0.326 e. The second-order valence-electron chi connectivity index (χ2n) is 7.10. The fourth-order valence-corrected chi connectivity index (χ4v) is 3.64. The van der Waals surface area contributed by atoms with E-state index in [4.69, 9.17) is 0 Å². The topological polar surface area (TPSA) is 116 Å². The Kier molecular flexibility index (Phi) is 6.46. The van der Waals surface area contributed by atoms with Gasteiger partial charge in [0.2, 0.25) is 5.91 Å². The predicted octanol–water partition coefficient (Wildman–Crippen LogP) is 2.83. The van der Waals surface area contributed by atoms with Crippen molar-refractivity contribution >= 4 is 29.4 Å². The summed E-state index contributed by atoms with van der Waals surface area (Å²) in [5.74, 6) is -1.66. The number of carbonyl (C=O) groups is 4. The van der Waals surface area contributed by atoms with Crippen LogP contribution >= 0.6 is 0 Å². The summed E-state index contributed by atoms with van der Waals surface area (Å²) in [4.78, 5) is 49.4. The molecule has 0 aliphatic carbocycles. The van der Waals surface area contributed by atoms with Crippen LogP contribution in [0, 0.1) is 0 Å². The van der Waals surface area contributed by atoms with Gasteiger partial charge in [0.05, 0.1) is 12.6 Å². The average molecular weight is 409 g/mol. The van der Waals surface area contributed by atoms with E-state index in [1.165, 1.54) is 17.9 Å². The molecule has 8 nitrogen and oxygen atoms in total. The highest BCUT2D eigenvalue weighted by atomic mass is 16.4. The monoisotopic (exact) mass is 409 g/mol. The van der Waals surface area contributed by atoms with Crippen molar-refractivity contribution in [3.63, 3.8) is 0 Å². The molecule has 2 aromatic carbocycles. The number of hydrogen-bond donors (Lipinski definition) is 3. The maximum Gasteiger partial charge on any atom is 0.326 e. The number of rotatable bonds is 6. The molecule has 2 atom stereocenters. The number of nitrogens with one attached hydrogen (secondary N) is 2. The van der Waals surface area contributed by atoms with Crippen LogP contribution in [0.4, 0.5) is 10.5 Å². The van der Waals surface area contributed by atoms with E-state index < -0.39 is 23.9 Å². The van der Waals surface area contributed by atoms with E-state index in [0.717, 1.165) is 5.56 Å². The third-order valence-corrected chi connectivity index (χ3v) is 5.07. The van der Waals surface area contributed by atoms with Gasteiger partial charge in [0.15, 0.2) is 5.78 Å². The summed E-state index contributed by atoms with van der Waals surface area (Å²) >= 11 is 0. The van der Waals surface area contributed by atoms with E-state index in [-0.39, 0.29) is 18.4 Å². The minimum Gasteiger partial charge on any atom is -0.480 e. The Morgan fingerprint density at radius 2 is 1.77 bits per heavy atom. The molecule has 0 radical (unpaired) electrons. The van der Waals surface area contributed by atoms with Crippen molar-refractivity contribution in [3.05, 3.63) is 65.7 Å². The number of Topliss-reactive ketones (excluding diaryl/α,β-unsaturated/α-hetero) is 1. The van der Waals surface area contributed by atoms with Crippen molar-refractivity contribution in [2.45, 2.75) is 31.8 Å². The normalized spacial score (nSPS) is 18.0. The second-order valence-corrected chi connectivity index (χ2v) is 7.10. The van der Waals surface area contributed by atoms with E-state index in [2.05, 4.69) is 10.6 Å². The highest BCUT2D eigenvalue weighted by Gasteiger charge is 2.41. The standard InChI is InChI=1S/C22H23N3O5/c1-14(26)16-8-5-9-17(12-16)24-22(30)23-13-20(27)25-18(10-11-19(25)21(28)29)15-6-3-2-4-7-15/h2-9,12,18-19H,10-11,13H2,1H3,(H,28,29)(H2,23,24,30). The van der Waals surface area contributed by atoms with Crippen LogP contribution in [0.2, 0.25) is 0 Å². The van der Waals surface area contributed by atoms with E-state index in [1.807, 2.05) is 30.3 Å². The fraction of sp³-hybridized carbons (Fsp3) is 0.273. The first-order chi connectivity index (χ1) is 14.4. The van der Waals surface area contributed by atoms with Crippen LogP contribution in [0.5, 0.6) is 0 Å². The Labute approximate surface area is 173 Å². The lowest BCUT2D eigenvalue weighted by atomic mass is 10.0. The van der Waals surface area contributed by atoms with Gasteiger partial charge in [-0.05, 0) is 37.5 Å². The molecule has 2 aromatic rings. The molecule has 0 saturated carbocycles. The number of hydrogen-bond acceptors (Lipinski definition) is 4. The van der Waals surface area contributed by atoms with Crippen molar-refractivity contribution in [1.82, 2.24) is 10.2 Å². The molecule has 1 heterocycles. The molecule has 0 spiro atoms. The average Bonchev–Trinajstić information content (AvgIpc) is 3.18. The Bertz CT molecular complexity index is 960. The molecule has 2 unspecified atom stereocenters. The molecule has 1 saturated heterocycles. The largest absolute Gasteiger partial charge is 0.480 e. The molecule has 0 bridgehead atoms. The van der Waals surface area contributed by atoms with Crippen molar-refractivity contribution in [1.29, 1.82) is 0 Å². The number of carbonyl (C=O) groups excluding carboxylic acids is 3. The summed E-state index contributed by atoms with van der Waals surface area (Å²) < 4.78 is 0. The number of amides is 3. The molecule has 0 aromatic heterocycles. The quantitative estimate of drug-likeness (QED) is 0.635. The molecule has 1 aliphatic rings. The van der Waals surface area contributed by atoms with E-state index in [9.17, 15) is 24.3 Å². The third-order valence-electron chi connectivity index (χ3n) is 5.07. The number of ketones is 1. The number of likely N-dealkylation sites (tertiary alicyclic amines) is 1.